The topological polar surface area (TPSA) is 133 Å². The van der Waals surface area contributed by atoms with Crippen molar-refractivity contribution in [2.45, 2.75) is 13.8 Å². The van der Waals surface area contributed by atoms with Crippen molar-refractivity contribution in [3.8, 4) is 0 Å². The smallest absolute Gasteiger partial charge is 0.550 e. The van der Waals surface area contributed by atoms with Gasteiger partial charge in [-0.1, -0.05) is 27.0 Å². The van der Waals surface area contributed by atoms with E-state index in [0.717, 1.165) is 12.2 Å². The van der Waals surface area contributed by atoms with Crippen molar-refractivity contribution >= 4 is 23.9 Å². The van der Waals surface area contributed by atoms with Crippen LogP contribution in [0.3, 0.4) is 0 Å². The van der Waals surface area contributed by atoms with Crippen LogP contribution in [-0.2, 0) is 48.1 Å². The zero-order valence-corrected chi connectivity index (χ0v) is 16.1. The average Bonchev–Trinajstić information content (AvgIpc) is 2.49. The Balaban J connectivity index is -0.000000333. The van der Waals surface area contributed by atoms with Crippen molar-refractivity contribution in [1.82, 2.24) is 0 Å². The number of hydrogen-bond donors (Lipinski definition) is 0. The van der Waals surface area contributed by atoms with E-state index < -0.39 is 35.7 Å². The first-order valence-electron chi connectivity index (χ1n) is 6.15. The van der Waals surface area contributed by atoms with Crippen LogP contribution in [0.15, 0.2) is 25.3 Å². The van der Waals surface area contributed by atoms with E-state index in [2.05, 4.69) is 22.6 Å². The molecule has 0 rings (SSSR count). The minimum atomic E-state index is -1.23. The predicted molar refractivity (Wildman–Crippen MR) is 70.7 cm³/mol. The molecule has 23 heavy (non-hydrogen) atoms. The van der Waals surface area contributed by atoms with Gasteiger partial charge in [0.2, 0.25) is 0 Å². The van der Waals surface area contributed by atoms with Crippen molar-refractivity contribution < 1.29 is 58.3 Å². The molecule has 124 valence electrons. The summed E-state index contributed by atoms with van der Waals surface area (Å²) in [6, 6.07) is 0. The molecule has 0 bridgehead atoms. The quantitative estimate of drug-likeness (QED) is 0.274. The third-order valence-corrected chi connectivity index (χ3v) is 2.09. The molecule has 0 spiro atoms. The molecule has 0 amide bonds. The summed E-state index contributed by atoms with van der Waals surface area (Å²) in [5.74, 6) is -5.28. The first-order valence-corrected chi connectivity index (χ1v) is 6.15. The molecule has 0 saturated carbocycles. The van der Waals surface area contributed by atoms with Gasteiger partial charge in [0, 0.05) is 35.9 Å². The molecule has 0 aromatic rings. The second-order valence-corrected chi connectivity index (χ2v) is 4.11. The summed E-state index contributed by atoms with van der Waals surface area (Å²) < 4.78 is 8.87. The van der Waals surface area contributed by atoms with E-state index in [4.69, 9.17) is 0 Å². The van der Waals surface area contributed by atoms with Gasteiger partial charge in [-0.15, -0.1) is 0 Å². The number of esters is 2. The van der Waals surface area contributed by atoms with Gasteiger partial charge in [-0.05, 0) is 0 Å². The molecule has 0 aliphatic heterocycles. The van der Waals surface area contributed by atoms with Crippen LogP contribution in [0.1, 0.15) is 13.8 Å². The fraction of sp³-hybridized carbons (Fsp3) is 0.429. The molecule has 8 nitrogen and oxygen atoms in total. The van der Waals surface area contributed by atoms with Crippen LogP contribution in [0.25, 0.3) is 0 Å². The van der Waals surface area contributed by atoms with E-state index in [9.17, 15) is 29.4 Å². The predicted octanol–water partition coefficient (Wildman–Crippen LogP) is -1.80. The monoisotopic (exact) mass is 378 g/mol. The van der Waals surface area contributed by atoms with E-state index in [-0.39, 0.29) is 32.7 Å². The number of carbonyl (C=O) groups is 4. The normalized spacial score (nSPS) is 11.2. The second kappa shape index (κ2) is 14.9. The largest absolute Gasteiger partial charge is 2.00 e. The number of carboxylic acid groups (broad SMARTS) is 2. The first-order chi connectivity index (χ1) is 10.1. The third-order valence-electron chi connectivity index (χ3n) is 2.09. The maximum Gasteiger partial charge on any atom is 2.00 e. The molecule has 2 atom stereocenters. The molecular weight excluding hydrogens is 362 g/mol. The fourth-order valence-electron chi connectivity index (χ4n) is 0.668. The Kier molecular flexibility index (Phi) is 16.8. The molecule has 0 aliphatic rings. The summed E-state index contributed by atoms with van der Waals surface area (Å²) in [6.07, 6.45) is 1.95. The molecule has 0 fully saturated rings. The molecule has 0 aromatic heterocycles. The Bertz CT molecular complexity index is 392. The van der Waals surface area contributed by atoms with E-state index in [1.54, 1.807) is 0 Å². The fourth-order valence-corrected chi connectivity index (χ4v) is 0.668. The molecular formula is C14H18O8Zn. The summed E-state index contributed by atoms with van der Waals surface area (Å²) in [5, 5.41) is 20.1. The summed E-state index contributed by atoms with van der Waals surface area (Å²) in [4.78, 5) is 40.9. The Morgan fingerprint density at radius 3 is 1.30 bits per heavy atom. The second-order valence-electron chi connectivity index (χ2n) is 4.11. The van der Waals surface area contributed by atoms with Crippen LogP contribution in [0.2, 0.25) is 0 Å². The molecule has 9 heteroatoms. The molecule has 0 heterocycles. The molecule has 0 saturated heterocycles. The summed E-state index contributed by atoms with van der Waals surface area (Å²) >= 11 is 0. The Morgan fingerprint density at radius 2 is 1.13 bits per heavy atom. The number of hydrogen-bond acceptors (Lipinski definition) is 8. The number of rotatable bonds is 8. The minimum absolute atomic E-state index is 0. The van der Waals surface area contributed by atoms with Crippen molar-refractivity contribution in [3.05, 3.63) is 25.3 Å². The van der Waals surface area contributed by atoms with Crippen molar-refractivity contribution in [2.24, 2.45) is 11.8 Å². The molecule has 0 N–H and O–H groups in total. The van der Waals surface area contributed by atoms with Gasteiger partial charge in [0.1, 0.15) is 0 Å². The zero-order valence-electron chi connectivity index (χ0n) is 13.1. The number of aliphatic carboxylic acids is 2. The molecule has 0 aromatic carbocycles. The van der Waals surface area contributed by atoms with Gasteiger partial charge in [-0.2, -0.15) is 0 Å². The van der Waals surface area contributed by atoms with Crippen molar-refractivity contribution in [3.63, 3.8) is 0 Å². The SMILES string of the molecule is C=CC(=O)OCC(C)C(=O)[O-].C=CC(=O)OCC(C)C(=O)[O-].[Zn+2]. The summed E-state index contributed by atoms with van der Waals surface area (Å²) in [6.45, 7) is 8.73. The van der Waals surface area contributed by atoms with Crippen LogP contribution in [0.5, 0.6) is 0 Å². The number of carboxylic acids is 2. The Morgan fingerprint density at radius 1 is 0.870 bits per heavy atom. The van der Waals surface area contributed by atoms with Gasteiger partial charge in [0.15, 0.2) is 0 Å². The van der Waals surface area contributed by atoms with Gasteiger partial charge < -0.3 is 29.3 Å². The van der Waals surface area contributed by atoms with E-state index in [0.29, 0.717) is 0 Å². The van der Waals surface area contributed by atoms with Gasteiger partial charge in [0.25, 0.3) is 0 Å². The maximum absolute atomic E-state index is 10.4. The van der Waals surface area contributed by atoms with Crippen molar-refractivity contribution in [1.29, 1.82) is 0 Å². The Hall–Kier alpha value is -2.02. The Labute approximate surface area is 146 Å². The van der Waals surface area contributed by atoms with E-state index >= 15 is 0 Å². The minimum Gasteiger partial charge on any atom is -0.550 e. The first kappa shape index (κ1) is 25.9. The van der Waals surface area contributed by atoms with Crippen LogP contribution >= 0.6 is 0 Å². The molecule has 0 aliphatic carbocycles. The van der Waals surface area contributed by atoms with Gasteiger partial charge in [-0.3, -0.25) is 0 Å². The number of carbonyl (C=O) groups excluding carboxylic acids is 4. The van der Waals surface area contributed by atoms with Gasteiger partial charge in [0.05, 0.1) is 13.2 Å². The number of ether oxygens (including phenoxy) is 2. The van der Waals surface area contributed by atoms with Gasteiger partial charge in [-0.25, -0.2) is 9.59 Å². The summed E-state index contributed by atoms with van der Waals surface area (Å²) in [5.41, 5.74) is 0. The summed E-state index contributed by atoms with van der Waals surface area (Å²) in [7, 11) is 0. The molecule has 0 radical (unpaired) electrons. The van der Waals surface area contributed by atoms with Crippen LogP contribution in [0.4, 0.5) is 0 Å². The third kappa shape index (κ3) is 16.2. The van der Waals surface area contributed by atoms with Crippen LogP contribution in [-0.4, -0.2) is 37.1 Å². The zero-order chi connectivity index (χ0) is 17.7. The van der Waals surface area contributed by atoms with E-state index in [1.807, 2.05) is 0 Å². The average molecular weight is 380 g/mol. The van der Waals surface area contributed by atoms with E-state index in [1.165, 1.54) is 13.8 Å². The van der Waals surface area contributed by atoms with Crippen LogP contribution in [0, 0.1) is 11.8 Å². The standard InChI is InChI=1S/2C7H10O4.Zn/c2*1-3-6(8)11-4-5(2)7(9)10;/h2*3,5H,1,4H2,2H3,(H,9,10);/q;;+2/p-2. The van der Waals surface area contributed by atoms with Crippen molar-refractivity contribution in [2.75, 3.05) is 13.2 Å². The van der Waals surface area contributed by atoms with Crippen LogP contribution < -0.4 is 10.2 Å². The maximum atomic E-state index is 10.4. The molecule has 2 unspecified atom stereocenters. The van der Waals surface area contributed by atoms with Gasteiger partial charge >= 0.3 is 31.4 Å².